The monoisotopic (exact) mass is 274 g/mol. The van der Waals surface area contributed by atoms with Gasteiger partial charge in [0.05, 0.1) is 12.2 Å². The zero-order valence-corrected chi connectivity index (χ0v) is 10.4. The van der Waals surface area contributed by atoms with Crippen LogP contribution in [0.3, 0.4) is 0 Å². The van der Waals surface area contributed by atoms with Crippen LogP contribution in [0.5, 0.6) is 0 Å². The van der Waals surface area contributed by atoms with E-state index in [4.69, 9.17) is 5.84 Å². The average Bonchev–Trinajstić information content (AvgIpc) is 2.85. The van der Waals surface area contributed by atoms with Crippen LogP contribution in [0, 0.1) is 6.92 Å². The van der Waals surface area contributed by atoms with Crippen molar-refractivity contribution in [2.75, 3.05) is 5.43 Å². The molecule has 0 atom stereocenters. The molecule has 3 N–H and O–H groups in total. The minimum Gasteiger partial charge on any atom is -0.308 e. The molecule has 0 amide bonds. The van der Waals surface area contributed by atoms with Gasteiger partial charge in [-0.2, -0.15) is 23.4 Å². The number of nitrogens with zero attached hydrogens (tertiary/aromatic N) is 4. The summed E-state index contributed by atoms with van der Waals surface area (Å²) in [5.74, 6) is 5.92. The number of halogens is 3. The third-order valence-electron chi connectivity index (χ3n) is 2.73. The lowest BCUT2D eigenvalue weighted by molar-refractivity contribution is -0.141. The minimum atomic E-state index is -4.44. The number of anilines is 1. The van der Waals surface area contributed by atoms with Crippen molar-refractivity contribution < 1.29 is 13.2 Å². The molecule has 19 heavy (non-hydrogen) atoms. The van der Waals surface area contributed by atoms with Gasteiger partial charge in [0.2, 0.25) is 0 Å². The Kier molecular flexibility index (Phi) is 3.23. The van der Waals surface area contributed by atoms with Crippen LogP contribution in [0.1, 0.15) is 17.0 Å². The highest BCUT2D eigenvalue weighted by atomic mass is 19.4. The second-order valence-corrected chi connectivity index (χ2v) is 4.08. The van der Waals surface area contributed by atoms with Crippen molar-refractivity contribution in [2.24, 2.45) is 12.9 Å². The van der Waals surface area contributed by atoms with E-state index in [1.807, 2.05) is 0 Å². The number of rotatable bonds is 3. The smallest absolute Gasteiger partial charge is 0.308 e. The van der Waals surface area contributed by atoms with Crippen LogP contribution in [0.4, 0.5) is 19.0 Å². The molecule has 0 saturated heterocycles. The van der Waals surface area contributed by atoms with E-state index >= 15 is 0 Å². The quantitative estimate of drug-likeness (QED) is 0.653. The highest BCUT2D eigenvalue weighted by Crippen LogP contribution is 2.27. The third-order valence-corrected chi connectivity index (χ3v) is 2.73. The molecule has 0 aromatic carbocycles. The van der Waals surface area contributed by atoms with E-state index in [9.17, 15) is 13.2 Å². The molecular weight excluding hydrogens is 261 g/mol. The molecule has 0 aliphatic carbocycles. The normalized spacial score (nSPS) is 11.9. The first kappa shape index (κ1) is 13.4. The standard InChI is InChI=1S/C10H13F3N6/c1-6-7(9(15-14)18(2)16-6)5-19-4-3-8(17-19)10(11,12)13/h3-4,15H,5,14H2,1-2H3. The zero-order chi connectivity index (χ0) is 14.2. The maximum Gasteiger partial charge on any atom is 0.435 e. The maximum absolute atomic E-state index is 12.4. The second kappa shape index (κ2) is 4.57. The number of nitrogens with two attached hydrogens (primary N) is 1. The fraction of sp³-hybridized carbons (Fsp3) is 0.400. The number of aryl methyl sites for hydroxylation is 2. The summed E-state index contributed by atoms with van der Waals surface area (Å²) >= 11 is 0. The van der Waals surface area contributed by atoms with Crippen LogP contribution in [0.2, 0.25) is 0 Å². The number of nitrogens with one attached hydrogen (secondary N) is 1. The van der Waals surface area contributed by atoms with E-state index in [1.165, 1.54) is 15.6 Å². The summed E-state index contributed by atoms with van der Waals surface area (Å²) in [7, 11) is 1.69. The van der Waals surface area contributed by atoms with Gasteiger partial charge in [0.1, 0.15) is 5.82 Å². The van der Waals surface area contributed by atoms with Gasteiger partial charge in [0.15, 0.2) is 5.69 Å². The summed E-state index contributed by atoms with van der Waals surface area (Å²) in [6.07, 6.45) is -3.17. The number of hydrogen-bond acceptors (Lipinski definition) is 4. The van der Waals surface area contributed by atoms with Crippen LogP contribution in [-0.4, -0.2) is 19.6 Å². The summed E-state index contributed by atoms with van der Waals surface area (Å²) < 4.78 is 40.1. The number of nitrogen functional groups attached to an aromatic ring is 1. The summed E-state index contributed by atoms with van der Waals surface area (Å²) in [5.41, 5.74) is 2.94. The van der Waals surface area contributed by atoms with Crippen molar-refractivity contribution in [3.8, 4) is 0 Å². The number of aromatic nitrogens is 4. The van der Waals surface area contributed by atoms with Gasteiger partial charge in [-0.1, -0.05) is 0 Å². The first-order valence-electron chi connectivity index (χ1n) is 5.42. The lowest BCUT2D eigenvalue weighted by Crippen LogP contribution is -2.14. The second-order valence-electron chi connectivity index (χ2n) is 4.08. The van der Waals surface area contributed by atoms with Gasteiger partial charge in [0.25, 0.3) is 0 Å². The minimum absolute atomic E-state index is 0.162. The molecule has 0 aliphatic heterocycles. The predicted molar refractivity (Wildman–Crippen MR) is 62.1 cm³/mol. The van der Waals surface area contributed by atoms with Crippen LogP contribution in [0.15, 0.2) is 12.3 Å². The van der Waals surface area contributed by atoms with Crippen LogP contribution in [0.25, 0.3) is 0 Å². The fourth-order valence-corrected chi connectivity index (χ4v) is 1.83. The summed E-state index contributed by atoms with van der Waals surface area (Å²) in [6.45, 7) is 1.92. The summed E-state index contributed by atoms with van der Waals surface area (Å²) in [4.78, 5) is 0. The molecule has 2 rings (SSSR count). The number of hydrogen-bond donors (Lipinski definition) is 2. The summed E-state index contributed by atoms with van der Waals surface area (Å²) in [5, 5.41) is 7.63. The number of hydrazine groups is 1. The molecule has 2 aromatic rings. The van der Waals surface area contributed by atoms with E-state index in [0.29, 0.717) is 17.1 Å². The Labute approximate surface area is 107 Å². The third kappa shape index (κ3) is 2.55. The highest BCUT2D eigenvalue weighted by molar-refractivity contribution is 5.46. The van der Waals surface area contributed by atoms with Crippen LogP contribution < -0.4 is 11.3 Å². The van der Waals surface area contributed by atoms with Gasteiger partial charge in [0, 0.05) is 18.8 Å². The van der Waals surface area contributed by atoms with Gasteiger partial charge in [-0.05, 0) is 13.0 Å². The molecule has 0 fully saturated rings. The van der Waals surface area contributed by atoms with Crippen molar-refractivity contribution in [1.82, 2.24) is 19.6 Å². The molecule has 0 bridgehead atoms. The molecule has 0 spiro atoms. The van der Waals surface area contributed by atoms with E-state index in [2.05, 4.69) is 15.6 Å². The molecule has 104 valence electrons. The molecule has 0 saturated carbocycles. The van der Waals surface area contributed by atoms with E-state index in [-0.39, 0.29) is 6.54 Å². The molecule has 2 aromatic heterocycles. The molecule has 6 nitrogen and oxygen atoms in total. The van der Waals surface area contributed by atoms with Crippen LogP contribution >= 0.6 is 0 Å². The topological polar surface area (TPSA) is 73.7 Å². The van der Waals surface area contributed by atoms with Crippen molar-refractivity contribution in [3.63, 3.8) is 0 Å². The SMILES string of the molecule is Cc1nn(C)c(NN)c1Cn1ccc(C(F)(F)F)n1. The van der Waals surface area contributed by atoms with Crippen LogP contribution in [-0.2, 0) is 19.8 Å². The first-order valence-corrected chi connectivity index (χ1v) is 5.42. The molecule has 0 unspecified atom stereocenters. The Bertz CT molecular complexity index is 583. The molecule has 2 heterocycles. The Hall–Kier alpha value is -2.03. The van der Waals surface area contributed by atoms with Gasteiger partial charge >= 0.3 is 6.18 Å². The Balaban J connectivity index is 2.29. The average molecular weight is 274 g/mol. The molecule has 9 heteroatoms. The Morgan fingerprint density at radius 2 is 2.05 bits per heavy atom. The first-order chi connectivity index (χ1) is 8.82. The maximum atomic E-state index is 12.4. The predicted octanol–water partition coefficient (Wildman–Crippen LogP) is 1.28. The molecule has 0 aliphatic rings. The molecule has 0 radical (unpaired) electrons. The van der Waals surface area contributed by atoms with Gasteiger partial charge in [-0.15, -0.1) is 0 Å². The Morgan fingerprint density at radius 1 is 1.37 bits per heavy atom. The lowest BCUT2D eigenvalue weighted by Gasteiger charge is -2.06. The Morgan fingerprint density at radius 3 is 2.58 bits per heavy atom. The molecular formula is C10H13F3N6. The summed E-state index contributed by atoms with van der Waals surface area (Å²) in [6, 6.07) is 0.932. The van der Waals surface area contributed by atoms with E-state index < -0.39 is 11.9 Å². The van der Waals surface area contributed by atoms with E-state index in [1.54, 1.807) is 14.0 Å². The van der Waals surface area contributed by atoms with Crippen molar-refractivity contribution in [3.05, 3.63) is 29.2 Å². The van der Waals surface area contributed by atoms with Gasteiger partial charge < -0.3 is 5.43 Å². The number of alkyl halides is 3. The zero-order valence-electron chi connectivity index (χ0n) is 10.4. The lowest BCUT2D eigenvalue weighted by atomic mass is 10.2. The van der Waals surface area contributed by atoms with Crippen molar-refractivity contribution in [2.45, 2.75) is 19.6 Å². The fourth-order valence-electron chi connectivity index (χ4n) is 1.83. The highest BCUT2D eigenvalue weighted by Gasteiger charge is 2.33. The van der Waals surface area contributed by atoms with Crippen molar-refractivity contribution in [1.29, 1.82) is 0 Å². The van der Waals surface area contributed by atoms with Gasteiger partial charge in [-0.25, -0.2) is 5.84 Å². The van der Waals surface area contributed by atoms with Gasteiger partial charge in [-0.3, -0.25) is 9.36 Å². The largest absolute Gasteiger partial charge is 0.435 e. The van der Waals surface area contributed by atoms with E-state index in [0.717, 1.165) is 6.07 Å². The van der Waals surface area contributed by atoms with Crippen molar-refractivity contribution >= 4 is 5.82 Å².